The molecule has 0 aliphatic rings. The first-order chi connectivity index (χ1) is 9.75. The molecule has 0 unspecified atom stereocenters. The molecule has 3 rings (SSSR count). The van der Waals surface area contributed by atoms with Gasteiger partial charge in [-0.05, 0) is 17.5 Å². The number of hydrogen-bond donors (Lipinski definition) is 2. The maximum atomic E-state index is 12.1. The Morgan fingerprint density at radius 3 is 2.55 bits per heavy atom. The van der Waals surface area contributed by atoms with Crippen LogP contribution in [0.4, 0.5) is 5.95 Å². The van der Waals surface area contributed by atoms with E-state index in [-0.39, 0.29) is 17.3 Å². The fraction of sp³-hybridized carbons (Fsp3) is 0. The van der Waals surface area contributed by atoms with Crippen LogP contribution in [0.3, 0.4) is 0 Å². The van der Waals surface area contributed by atoms with E-state index in [9.17, 15) is 9.90 Å². The zero-order valence-electron chi connectivity index (χ0n) is 10.4. The highest BCUT2D eigenvalue weighted by Crippen LogP contribution is 2.28. The summed E-state index contributed by atoms with van der Waals surface area (Å²) in [4.78, 5) is 20.0. The third-order valence-electron chi connectivity index (χ3n) is 2.94. The summed E-state index contributed by atoms with van der Waals surface area (Å²) in [6.07, 6.45) is 3.06. The highest BCUT2D eigenvalue weighted by molar-refractivity contribution is 6.09. The molecule has 0 bridgehead atoms. The van der Waals surface area contributed by atoms with Crippen molar-refractivity contribution >= 4 is 22.6 Å². The molecule has 5 nitrogen and oxygen atoms in total. The molecule has 0 radical (unpaired) electrons. The highest BCUT2D eigenvalue weighted by Gasteiger charge is 2.14. The molecule has 1 heterocycles. The minimum absolute atomic E-state index is 0.0449. The molecular weight excluding hydrogens is 254 g/mol. The predicted octanol–water partition coefficient (Wildman–Crippen LogP) is 2.59. The molecule has 2 aromatic carbocycles. The van der Waals surface area contributed by atoms with Crippen LogP contribution in [0.15, 0.2) is 54.9 Å². The fourth-order valence-corrected chi connectivity index (χ4v) is 1.97. The summed E-state index contributed by atoms with van der Waals surface area (Å²) in [6.45, 7) is 0. The summed E-state index contributed by atoms with van der Waals surface area (Å²) in [5, 5.41) is 14.2. The number of amides is 1. The quantitative estimate of drug-likeness (QED) is 0.746. The summed E-state index contributed by atoms with van der Waals surface area (Å²) in [7, 11) is 0. The third-order valence-corrected chi connectivity index (χ3v) is 2.94. The number of nitrogens with zero attached hydrogens (tertiary/aromatic N) is 2. The van der Waals surface area contributed by atoms with Crippen molar-refractivity contribution in [1.29, 1.82) is 0 Å². The van der Waals surface area contributed by atoms with Crippen LogP contribution >= 0.6 is 0 Å². The van der Waals surface area contributed by atoms with Crippen molar-refractivity contribution in [2.75, 3.05) is 5.32 Å². The molecule has 0 atom stereocenters. The Morgan fingerprint density at radius 2 is 1.75 bits per heavy atom. The van der Waals surface area contributed by atoms with Crippen LogP contribution < -0.4 is 5.32 Å². The second-order valence-electron chi connectivity index (χ2n) is 4.21. The summed E-state index contributed by atoms with van der Waals surface area (Å²) in [6, 6.07) is 12.3. The lowest BCUT2D eigenvalue weighted by molar-refractivity contribution is 0.102. The smallest absolute Gasteiger partial charge is 0.261 e. The molecule has 3 aromatic rings. The fourth-order valence-electron chi connectivity index (χ4n) is 1.97. The minimum Gasteiger partial charge on any atom is -0.506 e. The first-order valence-electron chi connectivity index (χ1n) is 6.05. The van der Waals surface area contributed by atoms with E-state index in [0.29, 0.717) is 5.39 Å². The van der Waals surface area contributed by atoms with Crippen molar-refractivity contribution in [2.45, 2.75) is 0 Å². The Morgan fingerprint density at radius 1 is 1.00 bits per heavy atom. The maximum Gasteiger partial charge on any atom is 0.261 e. The largest absolute Gasteiger partial charge is 0.506 e. The lowest BCUT2D eigenvalue weighted by Crippen LogP contribution is -2.14. The molecule has 20 heavy (non-hydrogen) atoms. The Bertz CT molecular complexity index is 772. The van der Waals surface area contributed by atoms with E-state index >= 15 is 0 Å². The number of aromatic nitrogens is 2. The van der Waals surface area contributed by atoms with Gasteiger partial charge in [-0.2, -0.15) is 0 Å². The van der Waals surface area contributed by atoms with E-state index in [1.165, 1.54) is 12.4 Å². The van der Waals surface area contributed by atoms with Crippen molar-refractivity contribution in [3.05, 3.63) is 60.4 Å². The van der Waals surface area contributed by atoms with Crippen molar-refractivity contribution in [3.63, 3.8) is 0 Å². The molecule has 0 aliphatic heterocycles. The molecule has 5 heteroatoms. The first-order valence-corrected chi connectivity index (χ1v) is 6.05. The summed E-state index contributed by atoms with van der Waals surface area (Å²) in [5.74, 6) is -0.291. The number of fused-ring (bicyclic) bond motifs is 1. The number of anilines is 1. The van der Waals surface area contributed by atoms with Crippen molar-refractivity contribution in [3.8, 4) is 5.75 Å². The van der Waals surface area contributed by atoms with Gasteiger partial charge in [-0.1, -0.05) is 30.3 Å². The van der Waals surface area contributed by atoms with Gasteiger partial charge in [0.2, 0.25) is 5.95 Å². The van der Waals surface area contributed by atoms with E-state index < -0.39 is 5.91 Å². The first kappa shape index (κ1) is 12.1. The lowest BCUT2D eigenvalue weighted by Gasteiger charge is -2.07. The standard InChI is InChI=1S/C15H11N3O2/c19-13-11-5-2-1-4-10(11)6-7-12(13)14(20)18-15-16-8-3-9-17-15/h1-9,19H,(H,16,17,18,20). The van der Waals surface area contributed by atoms with Gasteiger partial charge in [0.05, 0.1) is 5.56 Å². The van der Waals surface area contributed by atoms with Crippen molar-refractivity contribution < 1.29 is 9.90 Å². The molecule has 1 aromatic heterocycles. The molecule has 0 saturated carbocycles. The van der Waals surface area contributed by atoms with Crippen LogP contribution in [0, 0.1) is 0 Å². The molecule has 0 saturated heterocycles. The Labute approximate surface area is 114 Å². The van der Waals surface area contributed by atoms with E-state index in [1.807, 2.05) is 18.2 Å². The second kappa shape index (κ2) is 4.97. The summed E-state index contributed by atoms with van der Waals surface area (Å²) < 4.78 is 0. The van der Waals surface area contributed by atoms with E-state index in [0.717, 1.165) is 5.39 Å². The number of phenols is 1. The van der Waals surface area contributed by atoms with E-state index in [1.54, 1.807) is 24.3 Å². The van der Waals surface area contributed by atoms with Crippen LogP contribution in [0.25, 0.3) is 10.8 Å². The number of carbonyl (C=O) groups excluding carboxylic acids is 1. The van der Waals surface area contributed by atoms with E-state index in [4.69, 9.17) is 0 Å². The average molecular weight is 265 g/mol. The molecule has 2 N–H and O–H groups in total. The molecular formula is C15H11N3O2. The topological polar surface area (TPSA) is 75.1 Å². The Kier molecular flexibility index (Phi) is 3.01. The molecule has 98 valence electrons. The van der Waals surface area contributed by atoms with Crippen molar-refractivity contribution in [1.82, 2.24) is 9.97 Å². The molecule has 0 aliphatic carbocycles. The van der Waals surface area contributed by atoms with Gasteiger partial charge in [-0.15, -0.1) is 0 Å². The Hall–Kier alpha value is -2.95. The third kappa shape index (κ3) is 2.16. The maximum absolute atomic E-state index is 12.1. The van der Waals surface area contributed by atoms with Gasteiger partial charge >= 0.3 is 0 Å². The van der Waals surface area contributed by atoms with Crippen LogP contribution in [0.5, 0.6) is 5.75 Å². The number of phenolic OH excluding ortho intramolecular Hbond substituents is 1. The number of aromatic hydroxyl groups is 1. The Balaban J connectivity index is 1.98. The van der Waals surface area contributed by atoms with Gasteiger partial charge in [0.15, 0.2) is 0 Å². The van der Waals surface area contributed by atoms with Crippen molar-refractivity contribution in [2.24, 2.45) is 0 Å². The zero-order valence-corrected chi connectivity index (χ0v) is 10.4. The highest BCUT2D eigenvalue weighted by atomic mass is 16.3. The van der Waals surface area contributed by atoms with E-state index in [2.05, 4.69) is 15.3 Å². The SMILES string of the molecule is O=C(Nc1ncccn1)c1ccc2ccccc2c1O. The number of hydrogen-bond acceptors (Lipinski definition) is 4. The molecule has 0 fully saturated rings. The van der Waals surface area contributed by atoms with Crippen LogP contribution in [-0.2, 0) is 0 Å². The average Bonchev–Trinajstić information content (AvgIpc) is 2.49. The van der Waals surface area contributed by atoms with Crippen LogP contribution in [0.2, 0.25) is 0 Å². The van der Waals surface area contributed by atoms with Crippen LogP contribution in [-0.4, -0.2) is 21.0 Å². The summed E-state index contributed by atoms with van der Waals surface area (Å²) in [5.41, 5.74) is 0.191. The van der Waals surface area contributed by atoms with Gasteiger partial charge in [0.25, 0.3) is 5.91 Å². The van der Waals surface area contributed by atoms with Crippen LogP contribution in [0.1, 0.15) is 10.4 Å². The second-order valence-corrected chi connectivity index (χ2v) is 4.21. The molecule has 0 spiro atoms. The number of carbonyl (C=O) groups is 1. The molecule has 1 amide bonds. The zero-order chi connectivity index (χ0) is 13.9. The van der Waals surface area contributed by atoms with Gasteiger partial charge < -0.3 is 5.11 Å². The minimum atomic E-state index is -0.445. The monoisotopic (exact) mass is 265 g/mol. The van der Waals surface area contributed by atoms with Gasteiger partial charge in [0.1, 0.15) is 5.75 Å². The van der Waals surface area contributed by atoms with Gasteiger partial charge in [0, 0.05) is 17.8 Å². The predicted molar refractivity (Wildman–Crippen MR) is 75.6 cm³/mol. The lowest BCUT2D eigenvalue weighted by atomic mass is 10.0. The van der Waals surface area contributed by atoms with Gasteiger partial charge in [-0.25, -0.2) is 9.97 Å². The normalized spacial score (nSPS) is 10.4. The number of rotatable bonds is 2. The van der Waals surface area contributed by atoms with Gasteiger partial charge in [-0.3, -0.25) is 10.1 Å². The number of nitrogens with one attached hydrogen (secondary N) is 1. The number of benzene rings is 2. The summed E-state index contributed by atoms with van der Waals surface area (Å²) >= 11 is 0.